The summed E-state index contributed by atoms with van der Waals surface area (Å²) in [5.74, 6) is -0.674. The minimum atomic E-state index is -1.02. The second-order valence-electron chi connectivity index (χ2n) is 8.25. The van der Waals surface area contributed by atoms with Crippen LogP contribution in [0.3, 0.4) is 0 Å². The van der Waals surface area contributed by atoms with Gasteiger partial charge in [0.05, 0.1) is 5.60 Å². The van der Waals surface area contributed by atoms with Crippen molar-refractivity contribution < 1.29 is 24.9 Å². The van der Waals surface area contributed by atoms with Crippen LogP contribution in [0, 0.1) is 0 Å². The maximum absolute atomic E-state index is 12.6. The number of carbonyl (C=O) groups excluding carboxylic acids is 1. The van der Waals surface area contributed by atoms with E-state index in [0.717, 1.165) is 37.8 Å². The van der Waals surface area contributed by atoms with Gasteiger partial charge in [-0.3, -0.25) is 9.59 Å². The number of rotatable bonds is 9. The van der Waals surface area contributed by atoms with Crippen LogP contribution in [0.5, 0.6) is 0 Å². The summed E-state index contributed by atoms with van der Waals surface area (Å²) < 4.78 is 0. The molecule has 1 saturated carbocycles. The van der Waals surface area contributed by atoms with Crippen molar-refractivity contribution in [3.05, 3.63) is 42.0 Å². The fraction of sp³-hybridized carbons (Fsp3) is 0.565. The molecule has 6 nitrogen and oxygen atoms in total. The first-order valence-electron chi connectivity index (χ1n) is 10.6. The zero-order valence-electron chi connectivity index (χ0n) is 16.8. The van der Waals surface area contributed by atoms with Crippen LogP contribution >= 0.6 is 0 Å². The van der Waals surface area contributed by atoms with E-state index in [-0.39, 0.29) is 18.4 Å². The summed E-state index contributed by atoms with van der Waals surface area (Å²) in [7, 11) is 0. The number of hydrogen-bond donors (Lipinski definition) is 3. The Morgan fingerprint density at radius 3 is 2.55 bits per heavy atom. The standard InChI is InChI=1S/C23H31NO5/c25-20-9-5-8-18(7-3-1-2-4-10-21(26)27)24(20)19-13-11-17(12-14-19)22(28)23(29)15-6-16-23/h1,3,11-14,18,22,28-29H,2,4-10,15-16H2,(H,26,27). The Labute approximate surface area is 171 Å². The lowest BCUT2D eigenvalue weighted by molar-refractivity contribution is -0.137. The number of carboxylic acids is 1. The molecule has 6 heteroatoms. The van der Waals surface area contributed by atoms with Crippen LogP contribution in [0.2, 0.25) is 0 Å². The average Bonchev–Trinajstić information content (AvgIpc) is 2.68. The molecule has 2 aliphatic rings. The second kappa shape index (κ2) is 9.55. The molecule has 2 unspecified atom stereocenters. The number of piperidine rings is 1. The molecule has 1 heterocycles. The fourth-order valence-corrected chi connectivity index (χ4v) is 4.20. The minimum absolute atomic E-state index is 0.0820. The van der Waals surface area contributed by atoms with Gasteiger partial charge in [0.2, 0.25) is 5.91 Å². The molecule has 1 aliphatic heterocycles. The van der Waals surface area contributed by atoms with E-state index in [0.29, 0.717) is 31.2 Å². The van der Waals surface area contributed by atoms with Crippen LogP contribution in [-0.4, -0.2) is 38.8 Å². The summed E-state index contributed by atoms with van der Waals surface area (Å²) in [5.41, 5.74) is 0.474. The average molecular weight is 402 g/mol. The van der Waals surface area contributed by atoms with Gasteiger partial charge in [0.1, 0.15) is 6.10 Å². The normalized spacial score (nSPS) is 22.5. The van der Waals surface area contributed by atoms with Gasteiger partial charge in [-0.05, 0) is 69.1 Å². The van der Waals surface area contributed by atoms with Gasteiger partial charge in [0, 0.05) is 24.6 Å². The molecule has 0 aromatic heterocycles. The number of aliphatic carboxylic acids is 1. The topological polar surface area (TPSA) is 98.1 Å². The van der Waals surface area contributed by atoms with E-state index < -0.39 is 17.7 Å². The molecule has 158 valence electrons. The Morgan fingerprint density at radius 2 is 1.93 bits per heavy atom. The lowest BCUT2D eigenvalue weighted by Gasteiger charge is -2.41. The molecule has 1 amide bonds. The molecule has 0 spiro atoms. The van der Waals surface area contributed by atoms with Crippen LogP contribution in [0.4, 0.5) is 5.69 Å². The van der Waals surface area contributed by atoms with E-state index >= 15 is 0 Å². The van der Waals surface area contributed by atoms with Gasteiger partial charge in [0.25, 0.3) is 0 Å². The van der Waals surface area contributed by atoms with Gasteiger partial charge in [-0.25, -0.2) is 0 Å². The molecule has 1 aromatic rings. The van der Waals surface area contributed by atoms with Gasteiger partial charge >= 0.3 is 5.97 Å². The van der Waals surface area contributed by atoms with E-state index in [1.54, 1.807) is 12.1 Å². The van der Waals surface area contributed by atoms with Crippen molar-refractivity contribution in [1.82, 2.24) is 0 Å². The maximum Gasteiger partial charge on any atom is 0.303 e. The number of anilines is 1. The summed E-state index contributed by atoms with van der Waals surface area (Å²) >= 11 is 0. The van der Waals surface area contributed by atoms with E-state index in [2.05, 4.69) is 0 Å². The predicted octanol–water partition coefficient (Wildman–Crippen LogP) is 3.72. The highest BCUT2D eigenvalue weighted by molar-refractivity contribution is 5.94. The molecule has 2 atom stereocenters. The number of benzene rings is 1. The summed E-state index contributed by atoms with van der Waals surface area (Å²) in [6.45, 7) is 0. The smallest absolute Gasteiger partial charge is 0.303 e. The third-order valence-corrected chi connectivity index (χ3v) is 6.11. The number of carbonyl (C=O) groups is 2. The summed E-state index contributed by atoms with van der Waals surface area (Å²) in [6, 6.07) is 7.40. The number of amides is 1. The number of unbranched alkanes of at least 4 members (excludes halogenated alkanes) is 1. The van der Waals surface area contributed by atoms with Crippen molar-refractivity contribution in [2.45, 2.75) is 82.0 Å². The van der Waals surface area contributed by atoms with Crippen LogP contribution in [0.1, 0.15) is 75.9 Å². The number of nitrogens with zero attached hydrogens (tertiary/aromatic N) is 1. The molecule has 2 fully saturated rings. The first-order valence-corrected chi connectivity index (χ1v) is 10.6. The largest absolute Gasteiger partial charge is 0.481 e. The highest BCUT2D eigenvalue weighted by Gasteiger charge is 2.42. The van der Waals surface area contributed by atoms with Crippen molar-refractivity contribution in [1.29, 1.82) is 0 Å². The fourth-order valence-electron chi connectivity index (χ4n) is 4.20. The molecule has 29 heavy (non-hydrogen) atoms. The third kappa shape index (κ3) is 5.25. The van der Waals surface area contributed by atoms with Crippen molar-refractivity contribution >= 4 is 17.6 Å². The summed E-state index contributed by atoms with van der Waals surface area (Å²) in [5, 5.41) is 29.5. The Bertz CT molecular complexity index is 738. The van der Waals surface area contributed by atoms with Gasteiger partial charge in [0.15, 0.2) is 0 Å². The molecular formula is C23H31NO5. The van der Waals surface area contributed by atoms with Gasteiger partial charge in [-0.2, -0.15) is 0 Å². The summed E-state index contributed by atoms with van der Waals surface area (Å²) in [6.07, 6.45) is 9.89. The second-order valence-corrected chi connectivity index (χ2v) is 8.25. The number of hydrogen-bond acceptors (Lipinski definition) is 4. The predicted molar refractivity (Wildman–Crippen MR) is 111 cm³/mol. The van der Waals surface area contributed by atoms with E-state index in [4.69, 9.17) is 5.11 Å². The third-order valence-electron chi connectivity index (χ3n) is 6.11. The lowest BCUT2D eigenvalue weighted by Crippen LogP contribution is -2.44. The quantitative estimate of drug-likeness (QED) is 0.433. The SMILES string of the molecule is O=C(O)CCCC=CCC1CCCC(=O)N1c1ccc(C(O)C2(O)CCC2)cc1. The molecule has 1 aliphatic carbocycles. The van der Waals surface area contributed by atoms with Gasteiger partial charge < -0.3 is 20.2 Å². The first-order chi connectivity index (χ1) is 13.9. The van der Waals surface area contributed by atoms with E-state index in [1.807, 2.05) is 29.2 Å². The van der Waals surface area contributed by atoms with Crippen LogP contribution in [0.15, 0.2) is 36.4 Å². The first kappa shape index (κ1) is 21.5. The van der Waals surface area contributed by atoms with Crippen molar-refractivity contribution in [3.8, 4) is 0 Å². The number of carboxylic acid groups (broad SMARTS) is 1. The Hall–Kier alpha value is -2.18. The monoisotopic (exact) mass is 401 g/mol. The Balaban J connectivity index is 1.63. The maximum atomic E-state index is 12.6. The van der Waals surface area contributed by atoms with E-state index in [9.17, 15) is 19.8 Å². The van der Waals surface area contributed by atoms with Crippen molar-refractivity contribution in [2.24, 2.45) is 0 Å². The molecule has 0 radical (unpaired) electrons. The van der Waals surface area contributed by atoms with Crippen molar-refractivity contribution in [3.63, 3.8) is 0 Å². The van der Waals surface area contributed by atoms with Gasteiger partial charge in [-0.15, -0.1) is 0 Å². The highest BCUT2D eigenvalue weighted by atomic mass is 16.4. The van der Waals surface area contributed by atoms with Gasteiger partial charge in [-0.1, -0.05) is 24.3 Å². The van der Waals surface area contributed by atoms with Crippen LogP contribution in [0.25, 0.3) is 0 Å². The molecule has 3 rings (SSSR count). The van der Waals surface area contributed by atoms with Crippen LogP contribution < -0.4 is 4.90 Å². The number of allylic oxidation sites excluding steroid dienone is 1. The molecule has 1 aromatic carbocycles. The Kier molecular flexibility index (Phi) is 7.09. The molecule has 1 saturated heterocycles. The van der Waals surface area contributed by atoms with Crippen molar-refractivity contribution in [2.75, 3.05) is 4.90 Å². The van der Waals surface area contributed by atoms with Crippen LogP contribution in [-0.2, 0) is 9.59 Å². The number of aliphatic hydroxyl groups excluding tert-OH is 1. The highest BCUT2D eigenvalue weighted by Crippen LogP contribution is 2.42. The summed E-state index contributed by atoms with van der Waals surface area (Å²) in [4.78, 5) is 25.0. The zero-order valence-corrected chi connectivity index (χ0v) is 16.8. The minimum Gasteiger partial charge on any atom is -0.481 e. The number of aliphatic hydroxyl groups is 2. The molecule has 0 bridgehead atoms. The van der Waals surface area contributed by atoms with E-state index in [1.165, 1.54) is 0 Å². The zero-order chi connectivity index (χ0) is 20.9. The molecular weight excluding hydrogens is 370 g/mol. The lowest BCUT2D eigenvalue weighted by atomic mass is 9.74. The Morgan fingerprint density at radius 1 is 1.21 bits per heavy atom. The molecule has 3 N–H and O–H groups in total.